The van der Waals surface area contributed by atoms with E-state index in [-0.39, 0.29) is 11.7 Å². The Balaban J connectivity index is 2.84. The van der Waals surface area contributed by atoms with Gasteiger partial charge in [0, 0.05) is 24.3 Å². The Morgan fingerprint density at radius 3 is 2.76 bits per heavy atom. The first-order valence-electron chi connectivity index (χ1n) is 5.43. The highest BCUT2D eigenvalue weighted by atomic mass is 16.6. The van der Waals surface area contributed by atoms with Gasteiger partial charge in [-0.3, -0.25) is 10.1 Å². The van der Waals surface area contributed by atoms with Crippen molar-refractivity contribution < 1.29 is 4.92 Å². The van der Waals surface area contributed by atoms with E-state index in [9.17, 15) is 10.1 Å². The van der Waals surface area contributed by atoms with Gasteiger partial charge >= 0.3 is 5.69 Å². The second kappa shape index (κ2) is 5.58. The van der Waals surface area contributed by atoms with Gasteiger partial charge in [0.25, 0.3) is 0 Å². The molecular weight excluding hydrogens is 220 g/mol. The highest BCUT2D eigenvalue weighted by molar-refractivity contribution is 5.59. The Bertz CT molecular complexity index is 406. The van der Waals surface area contributed by atoms with Crippen LogP contribution in [0.25, 0.3) is 0 Å². The van der Waals surface area contributed by atoms with Gasteiger partial charge in [-0.2, -0.15) is 0 Å². The van der Waals surface area contributed by atoms with Crippen molar-refractivity contribution in [3.63, 3.8) is 0 Å². The molecule has 0 amide bonds. The van der Waals surface area contributed by atoms with Gasteiger partial charge in [-0.15, -0.1) is 0 Å². The summed E-state index contributed by atoms with van der Waals surface area (Å²) in [4.78, 5) is 16.6. The molecule has 1 aromatic heterocycles. The number of hydrogen-bond acceptors (Lipinski definition) is 5. The molecule has 1 atom stereocenters. The van der Waals surface area contributed by atoms with E-state index in [2.05, 4.69) is 10.3 Å². The topological polar surface area (TPSA) is 71.3 Å². The van der Waals surface area contributed by atoms with Crippen LogP contribution in [0.5, 0.6) is 0 Å². The number of aromatic nitrogens is 1. The summed E-state index contributed by atoms with van der Waals surface area (Å²) < 4.78 is 0. The standard InChI is InChI=1S/C11H18N4O2/c1-8-5-6-12-11(10(8)15(16)17)13-7-9(2)14(3)4/h5-6,9H,7H2,1-4H3,(H,12,13). The van der Waals surface area contributed by atoms with Gasteiger partial charge < -0.3 is 10.2 Å². The van der Waals surface area contributed by atoms with Crippen LogP contribution in [0.15, 0.2) is 12.3 Å². The summed E-state index contributed by atoms with van der Waals surface area (Å²) in [6.07, 6.45) is 1.57. The lowest BCUT2D eigenvalue weighted by Gasteiger charge is -2.20. The number of anilines is 1. The quantitative estimate of drug-likeness (QED) is 0.624. The highest BCUT2D eigenvalue weighted by Crippen LogP contribution is 2.25. The normalized spacial score (nSPS) is 12.5. The van der Waals surface area contributed by atoms with Crippen molar-refractivity contribution in [1.82, 2.24) is 9.88 Å². The molecule has 0 bridgehead atoms. The molecule has 1 unspecified atom stereocenters. The molecule has 0 radical (unpaired) electrons. The van der Waals surface area contributed by atoms with Crippen LogP contribution in [0.2, 0.25) is 0 Å². The molecule has 6 heteroatoms. The maximum atomic E-state index is 10.9. The molecule has 17 heavy (non-hydrogen) atoms. The third-order valence-electron chi connectivity index (χ3n) is 2.76. The van der Waals surface area contributed by atoms with E-state index in [0.29, 0.717) is 17.9 Å². The number of aryl methyl sites for hydroxylation is 1. The van der Waals surface area contributed by atoms with Crippen molar-refractivity contribution in [1.29, 1.82) is 0 Å². The minimum absolute atomic E-state index is 0.0541. The van der Waals surface area contributed by atoms with Crippen molar-refractivity contribution in [2.24, 2.45) is 0 Å². The van der Waals surface area contributed by atoms with Crippen molar-refractivity contribution >= 4 is 11.5 Å². The number of rotatable bonds is 5. The lowest BCUT2D eigenvalue weighted by atomic mass is 10.2. The van der Waals surface area contributed by atoms with E-state index in [1.807, 2.05) is 25.9 Å². The SMILES string of the molecule is Cc1ccnc(NCC(C)N(C)C)c1[N+](=O)[O-]. The van der Waals surface area contributed by atoms with Crippen molar-refractivity contribution in [3.05, 3.63) is 27.9 Å². The summed E-state index contributed by atoms with van der Waals surface area (Å²) in [6, 6.07) is 1.91. The Labute approximate surface area is 101 Å². The first-order chi connectivity index (χ1) is 7.93. The Hall–Kier alpha value is -1.69. The molecule has 0 saturated heterocycles. The molecule has 1 aromatic rings. The smallest absolute Gasteiger partial charge is 0.314 e. The average Bonchev–Trinajstić information content (AvgIpc) is 2.24. The average molecular weight is 238 g/mol. The molecule has 0 aliphatic rings. The van der Waals surface area contributed by atoms with Crippen LogP contribution in [-0.2, 0) is 0 Å². The second-order valence-corrected chi connectivity index (χ2v) is 4.28. The van der Waals surface area contributed by atoms with Crippen LogP contribution in [0.3, 0.4) is 0 Å². The lowest BCUT2D eigenvalue weighted by molar-refractivity contribution is -0.384. The zero-order chi connectivity index (χ0) is 13.0. The van der Waals surface area contributed by atoms with Crippen LogP contribution < -0.4 is 5.32 Å². The van der Waals surface area contributed by atoms with Gasteiger partial charge in [-0.25, -0.2) is 4.98 Å². The number of pyridine rings is 1. The summed E-state index contributed by atoms with van der Waals surface area (Å²) in [5.74, 6) is 0.337. The number of likely N-dealkylation sites (N-methyl/N-ethyl adjacent to an activating group) is 1. The lowest BCUT2D eigenvalue weighted by Crippen LogP contribution is -2.31. The number of nitro groups is 1. The maximum absolute atomic E-state index is 10.9. The molecule has 1 N–H and O–H groups in total. The fraction of sp³-hybridized carbons (Fsp3) is 0.545. The van der Waals surface area contributed by atoms with Crippen LogP contribution in [0.4, 0.5) is 11.5 Å². The van der Waals surface area contributed by atoms with Gasteiger partial charge in [0.2, 0.25) is 5.82 Å². The highest BCUT2D eigenvalue weighted by Gasteiger charge is 2.18. The first kappa shape index (κ1) is 13.4. The van der Waals surface area contributed by atoms with Crippen LogP contribution >= 0.6 is 0 Å². The molecule has 1 heterocycles. The van der Waals surface area contributed by atoms with E-state index in [0.717, 1.165) is 0 Å². The van der Waals surface area contributed by atoms with Crippen LogP contribution in [0, 0.1) is 17.0 Å². The summed E-state index contributed by atoms with van der Waals surface area (Å²) in [6.45, 7) is 4.36. The van der Waals surface area contributed by atoms with Crippen LogP contribution in [0.1, 0.15) is 12.5 Å². The zero-order valence-electron chi connectivity index (χ0n) is 10.6. The van der Waals surface area contributed by atoms with E-state index in [4.69, 9.17) is 0 Å². The predicted octanol–water partition coefficient (Wildman–Crippen LogP) is 1.66. The van der Waals surface area contributed by atoms with Crippen molar-refractivity contribution in [3.8, 4) is 0 Å². The van der Waals surface area contributed by atoms with Gasteiger partial charge in [0.15, 0.2) is 0 Å². The minimum Gasteiger partial charge on any atom is -0.363 e. The molecule has 0 aliphatic heterocycles. The van der Waals surface area contributed by atoms with Gasteiger partial charge in [0.05, 0.1) is 4.92 Å². The maximum Gasteiger partial charge on any atom is 0.314 e. The van der Waals surface area contributed by atoms with Crippen LogP contribution in [-0.4, -0.2) is 41.5 Å². The fourth-order valence-electron chi connectivity index (χ4n) is 1.34. The molecule has 94 valence electrons. The molecule has 0 spiro atoms. The molecule has 0 fully saturated rings. The third kappa shape index (κ3) is 3.39. The van der Waals surface area contributed by atoms with Crippen molar-refractivity contribution in [2.75, 3.05) is 26.0 Å². The van der Waals surface area contributed by atoms with E-state index in [1.54, 1.807) is 19.2 Å². The third-order valence-corrected chi connectivity index (χ3v) is 2.76. The molecular formula is C11H18N4O2. The summed E-state index contributed by atoms with van der Waals surface area (Å²) in [5, 5.41) is 14.0. The van der Waals surface area contributed by atoms with Gasteiger partial charge in [0.1, 0.15) is 0 Å². The summed E-state index contributed by atoms with van der Waals surface area (Å²) in [7, 11) is 3.93. The second-order valence-electron chi connectivity index (χ2n) is 4.28. The Kier molecular flexibility index (Phi) is 4.39. The van der Waals surface area contributed by atoms with E-state index >= 15 is 0 Å². The number of nitrogens with one attached hydrogen (secondary N) is 1. The summed E-state index contributed by atoms with van der Waals surface area (Å²) >= 11 is 0. The molecule has 0 aromatic carbocycles. The largest absolute Gasteiger partial charge is 0.363 e. The minimum atomic E-state index is -0.398. The van der Waals surface area contributed by atoms with E-state index < -0.39 is 4.92 Å². The summed E-state index contributed by atoms with van der Waals surface area (Å²) in [5.41, 5.74) is 0.670. The fourth-order valence-corrected chi connectivity index (χ4v) is 1.34. The number of hydrogen-bond donors (Lipinski definition) is 1. The van der Waals surface area contributed by atoms with E-state index in [1.165, 1.54) is 0 Å². The Morgan fingerprint density at radius 2 is 2.24 bits per heavy atom. The monoisotopic (exact) mass is 238 g/mol. The molecule has 0 saturated carbocycles. The number of nitrogens with zero attached hydrogens (tertiary/aromatic N) is 3. The predicted molar refractivity (Wildman–Crippen MR) is 67.3 cm³/mol. The van der Waals surface area contributed by atoms with Gasteiger partial charge in [-0.05, 0) is 34.0 Å². The Morgan fingerprint density at radius 1 is 1.59 bits per heavy atom. The first-order valence-corrected chi connectivity index (χ1v) is 5.43. The zero-order valence-corrected chi connectivity index (χ0v) is 10.6. The van der Waals surface area contributed by atoms with Crippen molar-refractivity contribution in [2.45, 2.75) is 19.9 Å². The molecule has 1 rings (SSSR count). The van der Waals surface area contributed by atoms with Gasteiger partial charge in [-0.1, -0.05) is 0 Å². The molecule has 0 aliphatic carbocycles. The molecule has 6 nitrogen and oxygen atoms in total.